The van der Waals surface area contributed by atoms with Crippen molar-refractivity contribution in [3.63, 3.8) is 0 Å². The maximum Gasteiger partial charge on any atom is 0.269 e. The minimum atomic E-state index is -1.56. The van der Waals surface area contributed by atoms with E-state index in [1.54, 1.807) is 11.4 Å². The fourth-order valence-corrected chi connectivity index (χ4v) is 6.95. The lowest BCUT2D eigenvalue weighted by molar-refractivity contribution is -0.118. The van der Waals surface area contributed by atoms with Gasteiger partial charge in [0.2, 0.25) is 0 Å². The summed E-state index contributed by atoms with van der Waals surface area (Å²) in [5.74, 6) is -2.12. The molecular weight excluding hydrogens is 566 g/mol. The van der Waals surface area contributed by atoms with Crippen LogP contribution in [0, 0.1) is 11.6 Å². The maximum absolute atomic E-state index is 15.6. The number of carbonyl (C=O) groups excluding carboxylic acids is 1. The van der Waals surface area contributed by atoms with Gasteiger partial charge in [0.15, 0.2) is 5.13 Å². The summed E-state index contributed by atoms with van der Waals surface area (Å²) in [7, 11) is 2.13. The molecule has 0 aliphatic carbocycles. The number of amides is 1. The number of likely N-dealkylation sites (tertiary alicyclic amines) is 1. The lowest BCUT2D eigenvalue weighted by Crippen LogP contribution is -2.34. The van der Waals surface area contributed by atoms with Crippen molar-refractivity contribution in [1.29, 1.82) is 0 Å². The summed E-state index contributed by atoms with van der Waals surface area (Å²) in [6.07, 6.45) is 4.62. The minimum Gasteiger partial charge on any atom is -0.508 e. The number of phenolic OH excluding ortho intramolecular Hbond substituents is 1. The van der Waals surface area contributed by atoms with Gasteiger partial charge in [-0.1, -0.05) is 24.3 Å². The summed E-state index contributed by atoms with van der Waals surface area (Å²) in [6.45, 7) is 2.12. The van der Waals surface area contributed by atoms with Crippen molar-refractivity contribution in [2.75, 3.05) is 25.5 Å². The number of carbonyl (C=O) groups is 1. The molecule has 1 amide bonds. The molecule has 6 rings (SSSR count). The molecule has 41 heavy (non-hydrogen) atoms. The second kappa shape index (κ2) is 11.2. The number of hydrogen-bond donors (Lipinski definition) is 2. The Morgan fingerprint density at radius 1 is 1.12 bits per heavy atom. The van der Waals surface area contributed by atoms with Crippen LogP contribution in [0.5, 0.6) is 5.75 Å². The molecule has 2 aromatic carbocycles. The standard InChI is InChI=1S/C30H26F2N4O3S2/c1-35-11-8-18(9-12-35)17-2-4-19(5-3-17)25-15-21-23(32)16-36(29(39)27(21)41-25)26(22-14-20(31)6-7-24(22)37)28(38)34-30-33-10-13-40-30/h2-7,10,13-16,18,26,37H,8-9,11-12H2,1H3,(H,33,34,38). The number of aromatic hydroxyl groups is 1. The lowest BCUT2D eigenvalue weighted by Gasteiger charge is -2.29. The molecule has 0 saturated carbocycles. The number of pyridine rings is 1. The Morgan fingerprint density at radius 3 is 2.59 bits per heavy atom. The molecule has 2 N–H and O–H groups in total. The van der Waals surface area contributed by atoms with Crippen LogP contribution in [-0.4, -0.2) is 45.6 Å². The summed E-state index contributed by atoms with van der Waals surface area (Å²) in [4.78, 5) is 34.2. The first-order valence-corrected chi connectivity index (χ1v) is 14.8. The molecule has 1 atom stereocenters. The van der Waals surface area contributed by atoms with Crippen LogP contribution in [0.25, 0.3) is 20.5 Å². The van der Waals surface area contributed by atoms with Gasteiger partial charge in [0.25, 0.3) is 11.5 Å². The number of halogens is 2. The van der Waals surface area contributed by atoms with Crippen molar-refractivity contribution >= 4 is 43.8 Å². The van der Waals surface area contributed by atoms with E-state index in [2.05, 4.69) is 34.4 Å². The number of thiazole rings is 1. The lowest BCUT2D eigenvalue weighted by atomic mass is 9.89. The number of hydrogen-bond acceptors (Lipinski definition) is 7. The van der Waals surface area contributed by atoms with Crippen molar-refractivity contribution < 1.29 is 18.7 Å². The Hall–Kier alpha value is -3.93. The second-order valence-corrected chi connectivity index (χ2v) is 12.1. The molecule has 5 aromatic rings. The number of piperidine rings is 1. The molecule has 7 nitrogen and oxygen atoms in total. The Balaban J connectivity index is 1.40. The van der Waals surface area contributed by atoms with Crippen molar-refractivity contribution in [1.82, 2.24) is 14.5 Å². The second-order valence-electron chi connectivity index (χ2n) is 10.2. The molecule has 1 unspecified atom stereocenters. The minimum absolute atomic E-state index is 0.113. The molecule has 1 aliphatic rings. The van der Waals surface area contributed by atoms with Crippen LogP contribution in [0.1, 0.15) is 35.9 Å². The van der Waals surface area contributed by atoms with Gasteiger partial charge in [-0.3, -0.25) is 19.5 Å². The molecule has 4 heterocycles. The smallest absolute Gasteiger partial charge is 0.269 e. The fraction of sp³-hybridized carbons (Fsp3) is 0.233. The van der Waals surface area contributed by atoms with Crippen LogP contribution in [-0.2, 0) is 4.79 Å². The van der Waals surface area contributed by atoms with Gasteiger partial charge in [-0.15, -0.1) is 22.7 Å². The van der Waals surface area contributed by atoms with E-state index in [1.165, 1.54) is 11.8 Å². The van der Waals surface area contributed by atoms with Gasteiger partial charge < -0.3 is 10.0 Å². The molecule has 1 saturated heterocycles. The number of nitrogens with zero attached hydrogens (tertiary/aromatic N) is 3. The maximum atomic E-state index is 15.6. The van der Waals surface area contributed by atoms with Crippen molar-refractivity contribution in [3.05, 3.63) is 99.4 Å². The summed E-state index contributed by atoms with van der Waals surface area (Å²) in [5.41, 5.74) is 1.30. The third-order valence-electron chi connectivity index (χ3n) is 7.53. The van der Waals surface area contributed by atoms with Crippen LogP contribution < -0.4 is 10.9 Å². The van der Waals surface area contributed by atoms with Crippen LogP contribution in [0.4, 0.5) is 13.9 Å². The van der Waals surface area contributed by atoms with Gasteiger partial charge in [0, 0.05) is 33.6 Å². The highest BCUT2D eigenvalue weighted by molar-refractivity contribution is 7.22. The molecule has 0 spiro atoms. The molecule has 1 aliphatic heterocycles. The predicted octanol–water partition coefficient (Wildman–Crippen LogP) is 6.21. The summed E-state index contributed by atoms with van der Waals surface area (Å²) in [6, 6.07) is 11.3. The average Bonchev–Trinajstić information content (AvgIpc) is 3.65. The highest BCUT2D eigenvalue weighted by atomic mass is 32.1. The highest BCUT2D eigenvalue weighted by Crippen LogP contribution is 2.36. The zero-order valence-corrected chi connectivity index (χ0v) is 23.6. The number of thiophene rings is 1. The molecule has 0 radical (unpaired) electrons. The number of fused-ring (bicyclic) bond motifs is 1. The summed E-state index contributed by atoms with van der Waals surface area (Å²) >= 11 is 2.27. The van der Waals surface area contributed by atoms with Gasteiger partial charge in [-0.25, -0.2) is 13.8 Å². The van der Waals surface area contributed by atoms with Gasteiger partial charge in [-0.05, 0) is 74.3 Å². The first kappa shape index (κ1) is 27.3. The van der Waals surface area contributed by atoms with E-state index >= 15 is 4.39 Å². The quantitative estimate of drug-likeness (QED) is 0.245. The number of nitrogens with one attached hydrogen (secondary N) is 1. The van der Waals surface area contributed by atoms with E-state index in [0.29, 0.717) is 10.8 Å². The van der Waals surface area contributed by atoms with Crippen molar-refractivity contribution in [2.45, 2.75) is 24.8 Å². The third-order valence-corrected chi connectivity index (χ3v) is 9.39. The largest absolute Gasteiger partial charge is 0.508 e. The van der Waals surface area contributed by atoms with E-state index in [4.69, 9.17) is 0 Å². The monoisotopic (exact) mass is 592 g/mol. The van der Waals surface area contributed by atoms with Crippen LogP contribution in [0.15, 0.2) is 71.1 Å². The fourth-order valence-electron chi connectivity index (χ4n) is 5.31. The molecule has 3 aromatic heterocycles. The van der Waals surface area contributed by atoms with Crippen molar-refractivity contribution in [3.8, 4) is 16.2 Å². The average molecular weight is 593 g/mol. The number of aromatic nitrogens is 2. The number of benzene rings is 2. The van der Waals surface area contributed by atoms with Crippen LogP contribution in [0.2, 0.25) is 0 Å². The number of anilines is 1. The molecule has 1 fully saturated rings. The first-order valence-electron chi connectivity index (χ1n) is 13.1. The van der Waals surface area contributed by atoms with Crippen LogP contribution in [0.3, 0.4) is 0 Å². The number of rotatable bonds is 6. The topological polar surface area (TPSA) is 87.5 Å². The van der Waals surface area contributed by atoms with Gasteiger partial charge in [0.05, 0.1) is 0 Å². The zero-order chi connectivity index (χ0) is 28.7. The van der Waals surface area contributed by atoms with E-state index in [-0.39, 0.29) is 20.8 Å². The van der Waals surface area contributed by atoms with Gasteiger partial charge in [0.1, 0.15) is 28.1 Å². The van der Waals surface area contributed by atoms with E-state index < -0.39 is 34.9 Å². The van der Waals surface area contributed by atoms with Gasteiger partial charge >= 0.3 is 0 Å². The predicted molar refractivity (Wildman–Crippen MR) is 158 cm³/mol. The first-order chi connectivity index (χ1) is 19.8. The third kappa shape index (κ3) is 5.40. The van der Waals surface area contributed by atoms with Crippen LogP contribution >= 0.6 is 22.7 Å². The summed E-state index contributed by atoms with van der Waals surface area (Å²) < 4.78 is 30.8. The Bertz CT molecular complexity index is 1780. The Kier molecular flexibility index (Phi) is 7.41. The Labute approximate surface area is 242 Å². The van der Waals surface area contributed by atoms with Gasteiger partial charge in [-0.2, -0.15) is 0 Å². The van der Waals surface area contributed by atoms with E-state index in [1.807, 2.05) is 12.1 Å². The highest BCUT2D eigenvalue weighted by Gasteiger charge is 2.30. The molecule has 0 bridgehead atoms. The number of phenols is 1. The van der Waals surface area contributed by atoms with E-state index in [0.717, 1.165) is 83.1 Å². The van der Waals surface area contributed by atoms with E-state index in [9.17, 15) is 19.1 Å². The Morgan fingerprint density at radius 2 is 1.88 bits per heavy atom. The zero-order valence-electron chi connectivity index (χ0n) is 22.0. The normalized spacial score (nSPS) is 15.3. The SMILES string of the molecule is CN1CCC(c2ccc(-c3cc4c(F)cn(C(C(=O)Nc5nccs5)c5cc(F)ccc5O)c(=O)c4s3)cc2)CC1. The molecule has 11 heteroatoms. The van der Waals surface area contributed by atoms with Crippen molar-refractivity contribution in [2.24, 2.45) is 0 Å². The molecule has 210 valence electrons. The molecular formula is C30H26F2N4O3S2. The summed E-state index contributed by atoms with van der Waals surface area (Å²) in [5, 5.41) is 15.1.